The number of carbonyl (C=O) groups is 4. The Morgan fingerprint density at radius 3 is 2.14 bits per heavy atom. The molecule has 0 N–H and O–H groups in total. The fourth-order valence-corrected chi connectivity index (χ4v) is 0.868. The monoisotopic (exact) mass is 201 g/mol. The molecule has 14 heavy (non-hydrogen) atoms. The number of amides is 2. The quantitative estimate of drug-likeness (QED) is 0.330. The Bertz CT molecular complexity index is 293. The molecule has 0 spiro atoms. The molecule has 7 heteroatoms. The standard InChI is InChI=1S/C7H7NO6/c1-4(9)13-7(12)14-8-5(10)2-3-6(8)11/h2-3H2,1H3. The molecule has 7 nitrogen and oxygen atoms in total. The van der Waals surface area contributed by atoms with E-state index in [0.717, 1.165) is 6.92 Å². The highest BCUT2D eigenvalue weighted by Gasteiger charge is 2.33. The van der Waals surface area contributed by atoms with Gasteiger partial charge in [0.1, 0.15) is 0 Å². The van der Waals surface area contributed by atoms with Crippen molar-refractivity contribution in [1.82, 2.24) is 5.06 Å². The van der Waals surface area contributed by atoms with Crippen LogP contribution in [0.15, 0.2) is 0 Å². The Balaban J connectivity index is 2.51. The van der Waals surface area contributed by atoms with Crippen LogP contribution in [-0.4, -0.2) is 29.0 Å². The fraction of sp³-hybridized carbons (Fsp3) is 0.429. The number of rotatable bonds is 1. The van der Waals surface area contributed by atoms with Crippen LogP contribution in [-0.2, 0) is 24.0 Å². The third-order valence-corrected chi connectivity index (χ3v) is 1.40. The Kier molecular flexibility index (Phi) is 2.80. The highest BCUT2D eigenvalue weighted by Crippen LogP contribution is 2.12. The zero-order valence-electron chi connectivity index (χ0n) is 7.31. The summed E-state index contributed by atoms with van der Waals surface area (Å²) in [7, 11) is 0. The van der Waals surface area contributed by atoms with Gasteiger partial charge in [0.25, 0.3) is 11.8 Å². The van der Waals surface area contributed by atoms with Crippen molar-refractivity contribution in [2.75, 3.05) is 0 Å². The van der Waals surface area contributed by atoms with E-state index in [4.69, 9.17) is 0 Å². The lowest BCUT2D eigenvalue weighted by atomic mass is 10.4. The van der Waals surface area contributed by atoms with Gasteiger partial charge in [-0.1, -0.05) is 5.06 Å². The van der Waals surface area contributed by atoms with Gasteiger partial charge in [-0.05, 0) is 0 Å². The van der Waals surface area contributed by atoms with Crippen molar-refractivity contribution in [1.29, 1.82) is 0 Å². The van der Waals surface area contributed by atoms with Crippen molar-refractivity contribution in [2.45, 2.75) is 19.8 Å². The second-order valence-electron chi connectivity index (χ2n) is 2.52. The van der Waals surface area contributed by atoms with Crippen molar-refractivity contribution in [3.8, 4) is 0 Å². The van der Waals surface area contributed by atoms with Gasteiger partial charge in [0, 0.05) is 19.8 Å². The molecule has 1 rings (SSSR count). The van der Waals surface area contributed by atoms with E-state index < -0.39 is 23.9 Å². The first-order chi connectivity index (χ1) is 6.50. The number of ether oxygens (including phenoxy) is 1. The predicted molar refractivity (Wildman–Crippen MR) is 39.3 cm³/mol. The molecule has 0 aliphatic carbocycles. The molecule has 1 saturated heterocycles. The molecule has 0 aromatic rings. The first-order valence-electron chi connectivity index (χ1n) is 3.77. The van der Waals surface area contributed by atoms with Gasteiger partial charge in [0.05, 0.1) is 0 Å². The van der Waals surface area contributed by atoms with Crippen LogP contribution in [0.4, 0.5) is 4.79 Å². The molecule has 0 bridgehead atoms. The summed E-state index contributed by atoms with van der Waals surface area (Å²) in [6.45, 7) is 0.995. The average molecular weight is 201 g/mol. The van der Waals surface area contributed by atoms with Gasteiger partial charge in [-0.3, -0.25) is 19.2 Å². The average Bonchev–Trinajstić information content (AvgIpc) is 2.34. The molecule has 0 aromatic carbocycles. The number of esters is 1. The lowest BCUT2D eigenvalue weighted by Gasteiger charge is -2.10. The van der Waals surface area contributed by atoms with Crippen molar-refractivity contribution in [2.24, 2.45) is 0 Å². The van der Waals surface area contributed by atoms with E-state index in [-0.39, 0.29) is 12.8 Å². The van der Waals surface area contributed by atoms with Crippen molar-refractivity contribution < 1.29 is 28.8 Å². The maximum atomic E-state index is 10.9. The molecule has 0 saturated carbocycles. The molecular formula is C7H7NO6. The highest BCUT2D eigenvalue weighted by molar-refractivity contribution is 6.01. The molecule has 1 heterocycles. The Morgan fingerprint density at radius 2 is 1.71 bits per heavy atom. The van der Waals surface area contributed by atoms with E-state index in [2.05, 4.69) is 9.57 Å². The Labute approximate surface area is 78.5 Å². The second kappa shape index (κ2) is 3.86. The van der Waals surface area contributed by atoms with Gasteiger partial charge in [-0.25, -0.2) is 4.79 Å². The molecule has 1 fully saturated rings. The van der Waals surface area contributed by atoms with E-state index in [0.29, 0.717) is 5.06 Å². The van der Waals surface area contributed by atoms with Crippen LogP contribution in [0, 0.1) is 0 Å². The second-order valence-corrected chi connectivity index (χ2v) is 2.52. The minimum absolute atomic E-state index is 0.00775. The van der Waals surface area contributed by atoms with Crippen LogP contribution >= 0.6 is 0 Å². The van der Waals surface area contributed by atoms with Gasteiger partial charge >= 0.3 is 12.1 Å². The van der Waals surface area contributed by atoms with Crippen molar-refractivity contribution in [3.63, 3.8) is 0 Å². The molecule has 0 atom stereocenters. The van der Waals surface area contributed by atoms with Crippen molar-refractivity contribution >= 4 is 23.9 Å². The summed E-state index contributed by atoms with van der Waals surface area (Å²) < 4.78 is 3.96. The zero-order chi connectivity index (χ0) is 10.7. The first kappa shape index (κ1) is 10.2. The zero-order valence-corrected chi connectivity index (χ0v) is 7.31. The summed E-state index contributed by atoms with van der Waals surface area (Å²) >= 11 is 0. The third-order valence-electron chi connectivity index (χ3n) is 1.40. The van der Waals surface area contributed by atoms with Crippen LogP contribution in [0.5, 0.6) is 0 Å². The van der Waals surface area contributed by atoms with Crippen LogP contribution in [0.2, 0.25) is 0 Å². The highest BCUT2D eigenvalue weighted by atomic mass is 16.8. The fourth-order valence-electron chi connectivity index (χ4n) is 0.868. The lowest BCUT2D eigenvalue weighted by molar-refractivity contribution is -0.179. The number of nitrogens with zero attached hydrogens (tertiary/aromatic N) is 1. The smallest absolute Gasteiger partial charge is 0.359 e. The van der Waals surface area contributed by atoms with Gasteiger partial charge in [-0.2, -0.15) is 0 Å². The van der Waals surface area contributed by atoms with E-state index in [1.54, 1.807) is 0 Å². The Morgan fingerprint density at radius 1 is 1.21 bits per heavy atom. The van der Waals surface area contributed by atoms with Gasteiger partial charge in [-0.15, -0.1) is 0 Å². The minimum atomic E-state index is -1.39. The number of imide groups is 1. The van der Waals surface area contributed by atoms with Crippen LogP contribution < -0.4 is 0 Å². The molecule has 0 radical (unpaired) electrons. The number of hydrogen-bond acceptors (Lipinski definition) is 6. The summed E-state index contributed by atoms with van der Waals surface area (Å²) in [4.78, 5) is 47.0. The molecule has 0 aromatic heterocycles. The number of hydroxylamine groups is 2. The van der Waals surface area contributed by atoms with E-state index in [1.165, 1.54) is 0 Å². The predicted octanol–water partition coefficient (Wildman–Crippen LogP) is -0.250. The van der Waals surface area contributed by atoms with Gasteiger partial charge in [0.15, 0.2) is 0 Å². The van der Waals surface area contributed by atoms with Crippen LogP contribution in [0.25, 0.3) is 0 Å². The van der Waals surface area contributed by atoms with Crippen LogP contribution in [0.3, 0.4) is 0 Å². The molecule has 1 aliphatic rings. The first-order valence-corrected chi connectivity index (χ1v) is 3.77. The maximum absolute atomic E-state index is 10.9. The molecule has 0 unspecified atom stereocenters. The molecule has 76 valence electrons. The van der Waals surface area contributed by atoms with Crippen molar-refractivity contribution in [3.05, 3.63) is 0 Å². The minimum Gasteiger partial charge on any atom is -0.359 e. The van der Waals surface area contributed by atoms with Gasteiger partial charge in [0.2, 0.25) is 0 Å². The summed E-state index contributed by atoms with van der Waals surface area (Å²) in [5.41, 5.74) is 0. The lowest BCUT2D eigenvalue weighted by Crippen LogP contribution is -2.32. The maximum Gasteiger partial charge on any atom is 0.541 e. The number of hydrogen-bond donors (Lipinski definition) is 0. The van der Waals surface area contributed by atoms with E-state index >= 15 is 0 Å². The van der Waals surface area contributed by atoms with Crippen LogP contribution in [0.1, 0.15) is 19.8 Å². The molecule has 1 aliphatic heterocycles. The molecular weight excluding hydrogens is 194 g/mol. The SMILES string of the molecule is CC(=O)OC(=O)ON1C(=O)CCC1=O. The summed E-state index contributed by atoms with van der Waals surface area (Å²) in [6.07, 6.45) is -1.40. The van der Waals surface area contributed by atoms with E-state index in [9.17, 15) is 19.2 Å². The normalized spacial score (nSPS) is 15.6. The summed E-state index contributed by atoms with van der Waals surface area (Å²) in [6, 6.07) is 0. The topological polar surface area (TPSA) is 90.0 Å². The van der Waals surface area contributed by atoms with E-state index in [1.807, 2.05) is 0 Å². The number of carbonyl (C=O) groups excluding carboxylic acids is 4. The van der Waals surface area contributed by atoms with Gasteiger partial charge < -0.3 is 4.74 Å². The Hall–Kier alpha value is -1.92. The third kappa shape index (κ3) is 2.28. The summed E-state index contributed by atoms with van der Waals surface area (Å²) in [5.74, 6) is -2.14. The molecule has 2 amide bonds. The largest absolute Gasteiger partial charge is 0.541 e. The summed E-state index contributed by atoms with van der Waals surface area (Å²) in [5, 5.41) is 0.297.